The maximum absolute atomic E-state index is 12.0. The molecule has 3 rings (SSSR count). The van der Waals surface area contributed by atoms with E-state index in [-0.39, 0.29) is 31.7 Å². The van der Waals surface area contributed by atoms with Crippen LogP contribution in [0.3, 0.4) is 0 Å². The number of hydrazone groups is 1. The highest BCUT2D eigenvalue weighted by Crippen LogP contribution is 2.31. The number of pyridine rings is 1. The molecule has 0 atom stereocenters. The van der Waals surface area contributed by atoms with Gasteiger partial charge in [-0.25, -0.2) is 9.99 Å². The highest BCUT2D eigenvalue weighted by molar-refractivity contribution is 5.94. The van der Waals surface area contributed by atoms with Gasteiger partial charge in [0, 0.05) is 6.07 Å². The number of amides is 1. The van der Waals surface area contributed by atoms with Crippen molar-refractivity contribution in [2.75, 3.05) is 13.4 Å². The number of benzene rings is 1. The standard InChI is InChI=1S/C16H15N3O4.ClH/c20-7-6-19-5-1-2-13(10-19)16(21)18-17-9-12-3-4-14-15(8-12)23-11-22-14;/h1-5,8-10,20H,6-7,11H2;1H. The average molecular weight is 350 g/mol. The molecule has 1 aliphatic rings. The number of carbonyl (C=O) groups is 1. The van der Waals surface area contributed by atoms with Crippen molar-refractivity contribution in [3.05, 3.63) is 53.9 Å². The number of nitrogens with zero attached hydrogens (tertiary/aromatic N) is 2. The summed E-state index contributed by atoms with van der Waals surface area (Å²) >= 11 is 0. The van der Waals surface area contributed by atoms with Gasteiger partial charge in [-0.3, -0.25) is 4.79 Å². The molecular weight excluding hydrogens is 334 g/mol. The Balaban J connectivity index is 0.00000208. The first-order valence-corrected chi connectivity index (χ1v) is 7.09. The van der Waals surface area contributed by atoms with Gasteiger partial charge in [0.25, 0.3) is 5.91 Å². The van der Waals surface area contributed by atoms with Crippen LogP contribution in [-0.2, 0) is 6.54 Å². The highest BCUT2D eigenvalue weighted by atomic mass is 35.5. The van der Waals surface area contributed by atoms with Crippen molar-refractivity contribution in [2.45, 2.75) is 6.54 Å². The fourth-order valence-electron chi connectivity index (χ4n) is 2.13. The van der Waals surface area contributed by atoms with Gasteiger partial charge in [-0.15, -0.1) is 0 Å². The maximum Gasteiger partial charge on any atom is 0.277 e. The normalized spacial score (nSPS) is 12.0. The lowest BCUT2D eigenvalue weighted by molar-refractivity contribution is -0.698. The van der Waals surface area contributed by atoms with Crippen LogP contribution < -0.4 is 31.9 Å². The molecule has 0 saturated heterocycles. The molecule has 2 heterocycles. The van der Waals surface area contributed by atoms with E-state index in [2.05, 4.69) is 10.5 Å². The van der Waals surface area contributed by atoms with Gasteiger partial charge in [-0.2, -0.15) is 5.10 Å². The number of rotatable bonds is 5. The third-order valence-corrected chi connectivity index (χ3v) is 3.25. The molecule has 0 bridgehead atoms. The van der Waals surface area contributed by atoms with Crippen molar-refractivity contribution in [1.29, 1.82) is 0 Å². The summed E-state index contributed by atoms with van der Waals surface area (Å²) in [5.41, 5.74) is 3.72. The van der Waals surface area contributed by atoms with Crippen molar-refractivity contribution in [2.24, 2.45) is 5.10 Å². The predicted octanol–water partition coefficient (Wildman–Crippen LogP) is -2.54. The molecule has 1 aromatic carbocycles. The van der Waals surface area contributed by atoms with Crippen LogP contribution in [0.1, 0.15) is 15.9 Å². The van der Waals surface area contributed by atoms with Gasteiger partial charge in [0.05, 0.1) is 6.21 Å². The number of aromatic nitrogens is 1. The number of hydrogen-bond acceptors (Lipinski definition) is 5. The quantitative estimate of drug-likeness (QED) is 0.354. The third kappa shape index (κ3) is 4.21. The molecule has 0 unspecified atom stereocenters. The SMILES string of the molecule is O=C(NN=Cc1ccc2c(c1)OCO2)c1ccc[n+](CCO)c1.[Cl-]. The Bertz CT molecular complexity index is 752. The summed E-state index contributed by atoms with van der Waals surface area (Å²) in [7, 11) is 0. The lowest BCUT2D eigenvalue weighted by atomic mass is 10.2. The molecule has 1 aliphatic heterocycles. The molecule has 0 fully saturated rings. The summed E-state index contributed by atoms with van der Waals surface area (Å²) in [5, 5.41) is 12.9. The predicted molar refractivity (Wildman–Crippen MR) is 81.3 cm³/mol. The van der Waals surface area contributed by atoms with Crippen LogP contribution in [0.5, 0.6) is 11.5 Å². The molecule has 0 spiro atoms. The molecular formula is C16H16ClN3O4. The number of hydrogen-bond donors (Lipinski definition) is 2. The first-order valence-electron chi connectivity index (χ1n) is 7.09. The Morgan fingerprint density at radius 3 is 3.00 bits per heavy atom. The molecule has 0 aliphatic carbocycles. The minimum absolute atomic E-state index is 0. The fourth-order valence-corrected chi connectivity index (χ4v) is 2.13. The van der Waals surface area contributed by atoms with E-state index in [1.807, 2.05) is 6.07 Å². The largest absolute Gasteiger partial charge is 1.00 e. The van der Waals surface area contributed by atoms with Gasteiger partial charge in [0.1, 0.15) is 12.2 Å². The molecule has 24 heavy (non-hydrogen) atoms. The molecule has 1 aromatic heterocycles. The van der Waals surface area contributed by atoms with E-state index in [4.69, 9.17) is 14.6 Å². The summed E-state index contributed by atoms with van der Waals surface area (Å²) < 4.78 is 12.2. The Morgan fingerprint density at radius 1 is 1.33 bits per heavy atom. The topological polar surface area (TPSA) is 84.0 Å². The summed E-state index contributed by atoms with van der Waals surface area (Å²) in [5.74, 6) is 1.03. The fraction of sp³-hybridized carbons (Fsp3) is 0.188. The van der Waals surface area contributed by atoms with Gasteiger partial charge in [-0.05, 0) is 29.8 Å². The Kier molecular flexibility index (Phi) is 6.11. The zero-order valence-corrected chi connectivity index (χ0v) is 13.4. The van der Waals surface area contributed by atoms with E-state index in [0.717, 1.165) is 5.56 Å². The number of halogens is 1. The van der Waals surface area contributed by atoms with E-state index in [1.165, 1.54) is 6.21 Å². The lowest BCUT2D eigenvalue weighted by Crippen LogP contribution is -3.00. The maximum atomic E-state index is 12.0. The van der Waals surface area contributed by atoms with Crippen molar-refractivity contribution < 1.29 is 36.3 Å². The number of aliphatic hydroxyl groups is 1. The molecule has 8 heteroatoms. The zero-order chi connectivity index (χ0) is 16.1. The van der Waals surface area contributed by atoms with Crippen LogP contribution in [0.15, 0.2) is 47.8 Å². The molecule has 0 saturated carbocycles. The van der Waals surface area contributed by atoms with Crippen LogP contribution in [-0.4, -0.2) is 30.6 Å². The van der Waals surface area contributed by atoms with Crippen molar-refractivity contribution in [3.63, 3.8) is 0 Å². The Hall–Kier alpha value is -2.64. The van der Waals surface area contributed by atoms with E-state index in [1.54, 1.807) is 41.2 Å². The van der Waals surface area contributed by atoms with Crippen LogP contribution in [0.4, 0.5) is 0 Å². The van der Waals surface area contributed by atoms with E-state index in [0.29, 0.717) is 23.6 Å². The van der Waals surface area contributed by atoms with Gasteiger partial charge in [0.2, 0.25) is 6.79 Å². The van der Waals surface area contributed by atoms with E-state index in [9.17, 15) is 4.79 Å². The molecule has 2 N–H and O–H groups in total. The second-order valence-corrected chi connectivity index (χ2v) is 4.87. The second-order valence-electron chi connectivity index (χ2n) is 4.87. The van der Waals surface area contributed by atoms with Gasteiger partial charge < -0.3 is 27.0 Å². The minimum atomic E-state index is -0.325. The lowest BCUT2D eigenvalue weighted by Gasteiger charge is -2.00. The average Bonchev–Trinajstić information content (AvgIpc) is 3.03. The first-order chi connectivity index (χ1) is 11.3. The summed E-state index contributed by atoms with van der Waals surface area (Å²) in [6.07, 6.45) is 4.97. The van der Waals surface area contributed by atoms with E-state index >= 15 is 0 Å². The van der Waals surface area contributed by atoms with E-state index < -0.39 is 0 Å². The minimum Gasteiger partial charge on any atom is -1.00 e. The van der Waals surface area contributed by atoms with Crippen LogP contribution >= 0.6 is 0 Å². The van der Waals surface area contributed by atoms with Crippen LogP contribution in [0.25, 0.3) is 0 Å². The Morgan fingerprint density at radius 2 is 2.17 bits per heavy atom. The van der Waals surface area contributed by atoms with Crippen molar-refractivity contribution >= 4 is 12.1 Å². The smallest absolute Gasteiger partial charge is 0.277 e. The van der Waals surface area contributed by atoms with Crippen LogP contribution in [0.2, 0.25) is 0 Å². The number of carbonyl (C=O) groups excluding carboxylic acids is 1. The zero-order valence-electron chi connectivity index (χ0n) is 12.7. The highest BCUT2D eigenvalue weighted by Gasteiger charge is 2.13. The molecule has 1 amide bonds. The third-order valence-electron chi connectivity index (χ3n) is 3.25. The molecule has 126 valence electrons. The molecule has 7 nitrogen and oxygen atoms in total. The number of aliphatic hydroxyl groups excluding tert-OH is 1. The number of ether oxygens (including phenoxy) is 2. The first kappa shape index (κ1) is 17.7. The van der Waals surface area contributed by atoms with Crippen molar-refractivity contribution in [3.8, 4) is 11.5 Å². The monoisotopic (exact) mass is 349 g/mol. The van der Waals surface area contributed by atoms with Crippen LogP contribution in [0, 0.1) is 0 Å². The Labute approximate surface area is 144 Å². The summed E-state index contributed by atoms with van der Waals surface area (Å²) in [6.45, 7) is 0.661. The van der Waals surface area contributed by atoms with Crippen molar-refractivity contribution in [1.82, 2.24) is 5.43 Å². The van der Waals surface area contributed by atoms with Gasteiger partial charge in [0.15, 0.2) is 30.4 Å². The molecule has 2 aromatic rings. The number of fused-ring (bicyclic) bond motifs is 1. The summed E-state index contributed by atoms with van der Waals surface area (Å²) in [6, 6.07) is 8.82. The van der Waals surface area contributed by atoms with Gasteiger partial charge in [-0.1, -0.05) is 0 Å². The van der Waals surface area contributed by atoms with Gasteiger partial charge >= 0.3 is 0 Å². The number of nitrogens with one attached hydrogen (secondary N) is 1. The second kappa shape index (κ2) is 8.28. The summed E-state index contributed by atoms with van der Waals surface area (Å²) in [4.78, 5) is 12.0. The molecule has 0 radical (unpaired) electrons.